The van der Waals surface area contributed by atoms with Gasteiger partial charge in [0.05, 0.1) is 12.1 Å². The van der Waals surface area contributed by atoms with Crippen molar-refractivity contribution in [2.45, 2.75) is 12.7 Å². The highest BCUT2D eigenvalue weighted by molar-refractivity contribution is 5.87. The van der Waals surface area contributed by atoms with Crippen LogP contribution < -0.4 is 5.56 Å². The van der Waals surface area contributed by atoms with Crippen LogP contribution >= 0.6 is 0 Å². The molecule has 0 aliphatic carbocycles. The van der Waals surface area contributed by atoms with E-state index in [4.69, 9.17) is 0 Å². The summed E-state index contributed by atoms with van der Waals surface area (Å²) in [5.41, 5.74) is 0.675. The molecule has 0 N–H and O–H groups in total. The highest BCUT2D eigenvalue weighted by Crippen LogP contribution is 2.37. The molecule has 140 valence electrons. The van der Waals surface area contributed by atoms with Crippen LogP contribution in [0.4, 0.5) is 13.2 Å². The zero-order chi connectivity index (χ0) is 19.7. The summed E-state index contributed by atoms with van der Waals surface area (Å²) in [6.07, 6.45) is -2.76. The van der Waals surface area contributed by atoms with Crippen molar-refractivity contribution in [3.63, 3.8) is 0 Å². The van der Waals surface area contributed by atoms with Crippen LogP contribution in [0.1, 0.15) is 11.1 Å². The number of alkyl halides is 3. The average Bonchev–Trinajstić information content (AvgIpc) is 2.70. The first kappa shape index (κ1) is 18.0. The van der Waals surface area contributed by atoms with Gasteiger partial charge in [0.2, 0.25) is 0 Å². The Morgan fingerprint density at radius 3 is 2.29 bits per heavy atom. The third-order valence-corrected chi connectivity index (χ3v) is 4.72. The molecular formula is C23H16F3NO. The maximum Gasteiger partial charge on any atom is 0.417 e. The van der Waals surface area contributed by atoms with Crippen LogP contribution in [0.5, 0.6) is 0 Å². The maximum absolute atomic E-state index is 13.3. The zero-order valence-electron chi connectivity index (χ0n) is 14.8. The molecular weight excluding hydrogens is 363 g/mol. The number of nitrogens with zero attached hydrogens (tertiary/aromatic N) is 1. The molecule has 2 nitrogen and oxygen atoms in total. The summed E-state index contributed by atoms with van der Waals surface area (Å²) in [6, 6.07) is 21.6. The molecule has 4 aromatic rings. The minimum Gasteiger partial charge on any atom is -0.311 e. The van der Waals surface area contributed by atoms with Crippen molar-refractivity contribution in [2.75, 3.05) is 0 Å². The van der Waals surface area contributed by atoms with Crippen molar-refractivity contribution < 1.29 is 13.2 Å². The van der Waals surface area contributed by atoms with E-state index in [0.29, 0.717) is 22.9 Å². The van der Waals surface area contributed by atoms with E-state index >= 15 is 0 Å². The lowest BCUT2D eigenvalue weighted by Gasteiger charge is -2.13. The number of pyridine rings is 1. The van der Waals surface area contributed by atoms with Crippen LogP contribution in [0.15, 0.2) is 89.9 Å². The van der Waals surface area contributed by atoms with E-state index in [1.54, 1.807) is 41.1 Å². The van der Waals surface area contributed by atoms with Gasteiger partial charge in [-0.2, -0.15) is 13.2 Å². The number of fused-ring (bicyclic) bond motifs is 1. The van der Waals surface area contributed by atoms with Gasteiger partial charge in [0.1, 0.15) is 0 Å². The van der Waals surface area contributed by atoms with Crippen LogP contribution in [0, 0.1) is 0 Å². The lowest BCUT2D eigenvalue weighted by Crippen LogP contribution is -2.20. The quantitative estimate of drug-likeness (QED) is 0.445. The third kappa shape index (κ3) is 3.43. The number of aromatic nitrogens is 1. The Balaban J connectivity index is 1.78. The first-order chi connectivity index (χ1) is 13.4. The van der Waals surface area contributed by atoms with Gasteiger partial charge in [0.25, 0.3) is 5.56 Å². The van der Waals surface area contributed by atoms with Gasteiger partial charge in [-0.05, 0) is 46.3 Å². The summed E-state index contributed by atoms with van der Waals surface area (Å²) in [5.74, 6) is 0. The van der Waals surface area contributed by atoms with Crippen LogP contribution in [0.2, 0.25) is 0 Å². The Labute approximate surface area is 159 Å². The van der Waals surface area contributed by atoms with E-state index < -0.39 is 11.7 Å². The first-order valence-corrected chi connectivity index (χ1v) is 8.77. The van der Waals surface area contributed by atoms with Gasteiger partial charge < -0.3 is 4.57 Å². The molecule has 0 amide bonds. The highest BCUT2D eigenvalue weighted by atomic mass is 19.4. The SMILES string of the molecule is O=c1c2ccc(-c3ccccc3C(F)(F)F)cc2ccn1Cc1ccccc1. The number of hydrogen-bond acceptors (Lipinski definition) is 1. The minimum absolute atomic E-state index is 0.102. The molecule has 0 aliphatic rings. The molecule has 0 unspecified atom stereocenters. The van der Waals surface area contributed by atoms with E-state index in [0.717, 1.165) is 11.6 Å². The summed E-state index contributed by atoms with van der Waals surface area (Å²) in [4.78, 5) is 12.8. The Bertz CT molecular complexity index is 1190. The molecule has 3 aromatic carbocycles. The monoisotopic (exact) mass is 379 g/mol. The number of hydrogen-bond donors (Lipinski definition) is 0. The topological polar surface area (TPSA) is 22.0 Å². The second-order valence-corrected chi connectivity index (χ2v) is 6.58. The van der Waals surface area contributed by atoms with E-state index in [2.05, 4.69) is 0 Å². The summed E-state index contributed by atoms with van der Waals surface area (Å²) >= 11 is 0. The van der Waals surface area contributed by atoms with Gasteiger partial charge >= 0.3 is 6.18 Å². The number of halogens is 3. The molecule has 1 heterocycles. The average molecular weight is 379 g/mol. The molecule has 0 saturated heterocycles. The van der Waals surface area contributed by atoms with Gasteiger partial charge in [0.15, 0.2) is 0 Å². The summed E-state index contributed by atoms with van der Waals surface area (Å²) in [5, 5.41) is 1.09. The Kier molecular flexibility index (Phi) is 4.51. The molecule has 0 bridgehead atoms. The van der Waals surface area contributed by atoms with Crippen molar-refractivity contribution in [3.05, 3.63) is 107 Å². The molecule has 28 heavy (non-hydrogen) atoms. The fourth-order valence-electron chi connectivity index (χ4n) is 3.34. The molecule has 4 rings (SSSR count). The van der Waals surface area contributed by atoms with Gasteiger partial charge in [-0.25, -0.2) is 0 Å². The standard InChI is InChI=1S/C23H16F3NO/c24-23(25,26)21-9-5-4-8-19(21)17-10-11-20-18(14-17)12-13-27(22(20)28)15-16-6-2-1-3-7-16/h1-14H,15H2. The molecule has 5 heteroatoms. The van der Waals surface area contributed by atoms with Gasteiger partial charge in [-0.1, -0.05) is 54.6 Å². The van der Waals surface area contributed by atoms with E-state index in [-0.39, 0.29) is 11.1 Å². The summed E-state index contributed by atoms with van der Waals surface area (Å²) < 4.78 is 41.6. The van der Waals surface area contributed by atoms with Gasteiger partial charge in [0, 0.05) is 11.6 Å². The summed E-state index contributed by atoms with van der Waals surface area (Å²) in [6.45, 7) is 0.439. The predicted octanol–water partition coefficient (Wildman–Crippen LogP) is 5.74. The van der Waals surface area contributed by atoms with Crippen LogP contribution in [0.3, 0.4) is 0 Å². The summed E-state index contributed by atoms with van der Waals surface area (Å²) in [7, 11) is 0. The van der Waals surface area contributed by atoms with Crippen molar-refractivity contribution in [1.82, 2.24) is 4.57 Å². The van der Waals surface area contributed by atoms with Gasteiger partial charge in [-0.15, -0.1) is 0 Å². The fourth-order valence-corrected chi connectivity index (χ4v) is 3.34. The number of benzene rings is 3. The lowest BCUT2D eigenvalue weighted by molar-refractivity contribution is -0.137. The predicted molar refractivity (Wildman–Crippen MR) is 104 cm³/mol. The van der Waals surface area contributed by atoms with Crippen molar-refractivity contribution in [1.29, 1.82) is 0 Å². The number of rotatable bonds is 3. The normalized spacial score (nSPS) is 11.7. The van der Waals surface area contributed by atoms with Crippen LogP contribution in [-0.2, 0) is 12.7 Å². The minimum atomic E-state index is -4.44. The van der Waals surface area contributed by atoms with Crippen molar-refractivity contribution in [2.24, 2.45) is 0 Å². The van der Waals surface area contributed by atoms with Crippen molar-refractivity contribution in [3.8, 4) is 11.1 Å². The smallest absolute Gasteiger partial charge is 0.311 e. The molecule has 0 fully saturated rings. The second kappa shape index (κ2) is 7.00. The van der Waals surface area contributed by atoms with E-state index in [1.807, 2.05) is 30.3 Å². The van der Waals surface area contributed by atoms with E-state index in [9.17, 15) is 18.0 Å². The maximum atomic E-state index is 13.3. The first-order valence-electron chi connectivity index (χ1n) is 8.77. The van der Waals surface area contributed by atoms with Crippen molar-refractivity contribution >= 4 is 10.8 Å². The van der Waals surface area contributed by atoms with Crippen LogP contribution in [-0.4, -0.2) is 4.57 Å². The Hall–Kier alpha value is -3.34. The largest absolute Gasteiger partial charge is 0.417 e. The molecule has 0 saturated carbocycles. The highest BCUT2D eigenvalue weighted by Gasteiger charge is 2.33. The van der Waals surface area contributed by atoms with Crippen LogP contribution in [0.25, 0.3) is 21.9 Å². The molecule has 0 aliphatic heterocycles. The molecule has 0 atom stereocenters. The molecule has 0 spiro atoms. The zero-order valence-corrected chi connectivity index (χ0v) is 14.8. The Morgan fingerprint density at radius 2 is 1.54 bits per heavy atom. The Morgan fingerprint density at radius 1 is 0.821 bits per heavy atom. The van der Waals surface area contributed by atoms with Gasteiger partial charge in [-0.3, -0.25) is 4.79 Å². The van der Waals surface area contributed by atoms with E-state index in [1.165, 1.54) is 12.1 Å². The molecule has 0 radical (unpaired) electrons. The lowest BCUT2D eigenvalue weighted by atomic mass is 9.97. The fraction of sp³-hybridized carbons (Fsp3) is 0.0870. The molecule has 1 aromatic heterocycles. The second-order valence-electron chi connectivity index (χ2n) is 6.58. The third-order valence-electron chi connectivity index (χ3n) is 4.72.